The number of hydrogen-bond acceptors (Lipinski definition) is 9. The van der Waals surface area contributed by atoms with Gasteiger partial charge in [0.05, 0.1) is 41.2 Å². The number of methoxy groups -OCH3 is 1. The highest BCUT2D eigenvalue weighted by atomic mass is 35.5. The smallest absolute Gasteiger partial charge is 0.410 e. The van der Waals surface area contributed by atoms with Gasteiger partial charge >= 0.3 is 6.09 Å². The second-order valence-corrected chi connectivity index (χ2v) is 14.8. The van der Waals surface area contributed by atoms with Gasteiger partial charge < -0.3 is 35.1 Å². The number of halogens is 3. The molecule has 0 saturated carbocycles. The van der Waals surface area contributed by atoms with Crippen LogP contribution >= 0.6 is 23.2 Å². The Morgan fingerprint density at radius 3 is 2.53 bits per heavy atom. The molecule has 4 aromatic rings. The molecule has 2 amide bonds. The summed E-state index contributed by atoms with van der Waals surface area (Å²) in [7, 11) is 1.55. The van der Waals surface area contributed by atoms with E-state index in [0.717, 1.165) is 18.6 Å². The average molecular weight is 766 g/mol. The number of nitrogens with one attached hydrogen (secondary N) is 3. The summed E-state index contributed by atoms with van der Waals surface area (Å²) in [4.78, 5) is 35.5. The molecule has 2 aliphatic rings. The summed E-state index contributed by atoms with van der Waals surface area (Å²) in [5.74, 6) is 0.0570. The molecule has 4 heterocycles. The van der Waals surface area contributed by atoms with Gasteiger partial charge in [-0.25, -0.2) is 14.2 Å². The van der Waals surface area contributed by atoms with Crippen molar-refractivity contribution in [2.45, 2.75) is 70.9 Å². The van der Waals surface area contributed by atoms with Crippen LogP contribution in [0.2, 0.25) is 10.0 Å². The maximum atomic E-state index is 15.5. The molecule has 280 valence electrons. The molecule has 0 radical (unpaired) electrons. The molecule has 11 nitrogen and oxygen atoms in total. The lowest BCUT2D eigenvalue weighted by molar-refractivity contribution is -0.119. The number of ether oxygens (including phenoxy) is 3. The van der Waals surface area contributed by atoms with Gasteiger partial charge in [0, 0.05) is 78.9 Å². The minimum Gasteiger partial charge on any atom is -0.496 e. The van der Waals surface area contributed by atoms with Crippen LogP contribution in [0, 0.1) is 5.82 Å². The lowest BCUT2D eigenvalue weighted by Gasteiger charge is -2.29. The zero-order valence-electron chi connectivity index (χ0n) is 30.1. The molecule has 2 aliphatic heterocycles. The standard InChI is InChI=1S/C39H43Cl2FN6O5/c1-39(2,3)53-38(50)48(22-26-10-11-32(49)46-26)21-25-9-8-23(18-31(25)51-4)36-34(41)29(13-16-44-36)28-6-5-7-30(33(28)40)47-37-35(42)24(12-15-45-37)19-43-20-27-14-17-52-27/h5-9,12-13,15-16,18,26-27,43H,10-11,14,17,19-22H2,1-4H3,(H,45,47)(H,46,49)/t26-,27-/m0/s1. The maximum Gasteiger partial charge on any atom is 0.410 e. The molecule has 14 heteroatoms. The summed E-state index contributed by atoms with van der Waals surface area (Å²) >= 11 is 14.0. The average Bonchev–Trinajstić information content (AvgIpc) is 3.51. The molecule has 6 rings (SSSR count). The number of rotatable bonds is 13. The number of pyridine rings is 2. The fraction of sp³-hybridized carbons (Fsp3) is 0.385. The molecule has 2 fully saturated rings. The lowest BCUT2D eigenvalue weighted by atomic mass is 10.0. The Bertz CT molecular complexity index is 1970. The maximum absolute atomic E-state index is 15.5. The first-order valence-corrected chi connectivity index (χ1v) is 18.3. The van der Waals surface area contributed by atoms with Crippen LogP contribution in [-0.4, -0.2) is 71.4 Å². The van der Waals surface area contributed by atoms with Gasteiger partial charge in [-0.1, -0.05) is 47.5 Å². The highest BCUT2D eigenvalue weighted by molar-refractivity contribution is 6.39. The summed E-state index contributed by atoms with van der Waals surface area (Å²) in [5, 5.41) is 9.90. The number of anilines is 2. The Labute approximate surface area is 318 Å². The van der Waals surface area contributed by atoms with Crippen LogP contribution in [0.4, 0.5) is 20.7 Å². The fourth-order valence-electron chi connectivity index (χ4n) is 6.18. The molecule has 0 aliphatic carbocycles. The number of benzene rings is 2. The van der Waals surface area contributed by atoms with Crippen molar-refractivity contribution in [3.8, 4) is 28.1 Å². The molecule has 0 spiro atoms. The highest BCUT2D eigenvalue weighted by Crippen LogP contribution is 2.42. The molecule has 3 N–H and O–H groups in total. The second kappa shape index (κ2) is 16.7. The van der Waals surface area contributed by atoms with Crippen molar-refractivity contribution in [3.63, 3.8) is 0 Å². The van der Waals surface area contributed by atoms with Gasteiger partial charge in [-0.15, -0.1) is 0 Å². The summed E-state index contributed by atoms with van der Waals surface area (Å²) < 4.78 is 32.4. The quantitative estimate of drug-likeness (QED) is 0.125. The molecule has 2 saturated heterocycles. The zero-order chi connectivity index (χ0) is 37.7. The number of nitrogens with zero attached hydrogens (tertiary/aromatic N) is 3. The Morgan fingerprint density at radius 1 is 1.06 bits per heavy atom. The molecule has 2 aromatic carbocycles. The molecular formula is C39H43Cl2FN6O5. The van der Waals surface area contributed by atoms with E-state index in [1.54, 1.807) is 48.7 Å². The third-order valence-electron chi connectivity index (χ3n) is 8.98. The van der Waals surface area contributed by atoms with Crippen LogP contribution in [0.15, 0.2) is 60.9 Å². The monoisotopic (exact) mass is 764 g/mol. The van der Waals surface area contributed by atoms with Crippen molar-refractivity contribution in [3.05, 3.63) is 87.9 Å². The minimum atomic E-state index is -0.700. The van der Waals surface area contributed by atoms with E-state index in [1.165, 1.54) is 0 Å². The van der Waals surface area contributed by atoms with Crippen molar-refractivity contribution in [2.24, 2.45) is 0 Å². The van der Waals surface area contributed by atoms with Crippen LogP contribution in [0.25, 0.3) is 22.4 Å². The third kappa shape index (κ3) is 9.36. The Hall–Kier alpha value is -4.49. The van der Waals surface area contributed by atoms with Crippen molar-refractivity contribution >= 4 is 46.7 Å². The Morgan fingerprint density at radius 2 is 1.83 bits per heavy atom. The van der Waals surface area contributed by atoms with Gasteiger partial charge in [-0.2, -0.15) is 0 Å². The molecule has 2 aromatic heterocycles. The normalized spacial score (nSPS) is 16.8. The van der Waals surface area contributed by atoms with E-state index < -0.39 is 17.5 Å². The number of carbonyl (C=O) groups excluding carboxylic acids is 2. The van der Waals surface area contributed by atoms with E-state index in [1.807, 2.05) is 45.0 Å². The molecule has 0 unspecified atom stereocenters. The summed E-state index contributed by atoms with van der Waals surface area (Å²) in [5.41, 5.74) is 3.35. The second-order valence-electron chi connectivity index (χ2n) is 14.0. The summed E-state index contributed by atoms with van der Waals surface area (Å²) in [6.07, 6.45) is 4.91. The molecule has 2 atom stereocenters. The predicted octanol–water partition coefficient (Wildman–Crippen LogP) is 7.90. The van der Waals surface area contributed by atoms with Crippen LogP contribution < -0.4 is 20.7 Å². The number of amides is 2. The van der Waals surface area contributed by atoms with Crippen molar-refractivity contribution in [1.29, 1.82) is 0 Å². The Kier molecular flexibility index (Phi) is 12.0. The van der Waals surface area contributed by atoms with Gasteiger partial charge in [-0.05, 0) is 57.9 Å². The first-order chi connectivity index (χ1) is 25.4. The van der Waals surface area contributed by atoms with Gasteiger partial charge in [-0.3, -0.25) is 9.78 Å². The molecular weight excluding hydrogens is 722 g/mol. The first-order valence-electron chi connectivity index (χ1n) is 17.5. The number of hydrogen-bond donors (Lipinski definition) is 3. The number of aromatic nitrogens is 2. The Balaban J connectivity index is 1.23. The van der Waals surface area contributed by atoms with E-state index in [4.69, 9.17) is 37.4 Å². The summed E-state index contributed by atoms with van der Waals surface area (Å²) in [6, 6.07) is 14.1. The first kappa shape index (κ1) is 38.2. The lowest BCUT2D eigenvalue weighted by Crippen LogP contribution is -2.43. The van der Waals surface area contributed by atoms with E-state index in [2.05, 4.69) is 25.9 Å². The third-order valence-corrected chi connectivity index (χ3v) is 9.77. The highest BCUT2D eigenvalue weighted by Gasteiger charge is 2.29. The van der Waals surface area contributed by atoms with E-state index in [9.17, 15) is 9.59 Å². The molecule has 53 heavy (non-hydrogen) atoms. The van der Waals surface area contributed by atoms with Crippen molar-refractivity contribution < 1.29 is 28.2 Å². The van der Waals surface area contributed by atoms with Gasteiger partial charge in [0.15, 0.2) is 11.6 Å². The van der Waals surface area contributed by atoms with Crippen LogP contribution in [0.1, 0.15) is 51.2 Å². The SMILES string of the molecule is COc1cc(-c2nccc(-c3cccc(Nc4nccc(CNC[C@@H]5CCO5)c4F)c3Cl)c2Cl)ccc1CN(C[C@@H]1CCC(=O)N1)C(=O)OC(C)(C)C. The van der Waals surface area contributed by atoms with E-state index in [-0.39, 0.29) is 37.0 Å². The van der Waals surface area contributed by atoms with Gasteiger partial charge in [0.2, 0.25) is 5.91 Å². The topological polar surface area (TPSA) is 127 Å². The van der Waals surface area contributed by atoms with Gasteiger partial charge in [0.1, 0.15) is 11.4 Å². The van der Waals surface area contributed by atoms with E-state index in [0.29, 0.717) is 75.4 Å². The number of carbonyl (C=O) groups is 2. The van der Waals surface area contributed by atoms with Crippen molar-refractivity contribution in [2.75, 3.05) is 32.1 Å². The van der Waals surface area contributed by atoms with Crippen LogP contribution in [0.3, 0.4) is 0 Å². The summed E-state index contributed by atoms with van der Waals surface area (Å²) in [6.45, 7) is 7.65. The van der Waals surface area contributed by atoms with Crippen LogP contribution in [0.5, 0.6) is 5.75 Å². The minimum absolute atomic E-state index is 0.0353. The van der Waals surface area contributed by atoms with Crippen LogP contribution in [-0.2, 0) is 27.4 Å². The van der Waals surface area contributed by atoms with Gasteiger partial charge in [0.25, 0.3) is 0 Å². The zero-order valence-corrected chi connectivity index (χ0v) is 31.6. The predicted molar refractivity (Wildman–Crippen MR) is 203 cm³/mol. The molecule has 0 bridgehead atoms. The van der Waals surface area contributed by atoms with E-state index >= 15 is 4.39 Å². The largest absolute Gasteiger partial charge is 0.496 e. The fourth-order valence-corrected chi connectivity index (χ4v) is 6.77. The van der Waals surface area contributed by atoms with Crippen molar-refractivity contribution in [1.82, 2.24) is 25.5 Å².